The monoisotopic (exact) mass is 219 g/mol. The Hall–Kier alpha value is -1.09. The number of nitrogens with zero attached hydrogens (tertiary/aromatic N) is 2. The van der Waals surface area contributed by atoms with Gasteiger partial charge in [0.05, 0.1) is 0 Å². The number of nitrogens with one attached hydrogen (secondary N) is 1. The minimum Gasteiger partial charge on any atom is -0.356 e. The maximum Gasteiger partial charge on any atom is 0.132 e. The summed E-state index contributed by atoms with van der Waals surface area (Å²) in [5.41, 5.74) is 1.30. The number of pyridine rings is 1. The molecule has 1 heterocycles. The minimum atomic E-state index is 0.704. The average molecular weight is 219 g/mol. The van der Waals surface area contributed by atoms with Crippen LogP contribution in [-0.4, -0.2) is 24.6 Å². The largest absolute Gasteiger partial charge is 0.356 e. The van der Waals surface area contributed by atoms with E-state index in [0.29, 0.717) is 6.04 Å². The normalized spacial score (nSPS) is 15.9. The molecule has 0 aliphatic heterocycles. The molecule has 0 saturated heterocycles. The van der Waals surface area contributed by atoms with E-state index in [0.717, 1.165) is 18.9 Å². The van der Waals surface area contributed by atoms with E-state index in [4.69, 9.17) is 0 Å². The smallest absolute Gasteiger partial charge is 0.132 e. The Morgan fingerprint density at radius 1 is 1.50 bits per heavy atom. The van der Waals surface area contributed by atoms with Crippen molar-refractivity contribution in [2.45, 2.75) is 38.8 Å². The van der Waals surface area contributed by atoms with Crippen LogP contribution in [0.2, 0.25) is 0 Å². The summed E-state index contributed by atoms with van der Waals surface area (Å²) in [7, 11) is 2.17. The highest BCUT2D eigenvalue weighted by Crippen LogP contribution is 2.28. The lowest BCUT2D eigenvalue weighted by Crippen LogP contribution is -2.38. The van der Waals surface area contributed by atoms with E-state index in [1.165, 1.54) is 24.8 Å². The third kappa shape index (κ3) is 2.35. The van der Waals surface area contributed by atoms with Gasteiger partial charge in [-0.3, -0.25) is 0 Å². The topological polar surface area (TPSA) is 28.2 Å². The second-order valence-electron chi connectivity index (χ2n) is 4.46. The standard InChI is InChI=1S/C13H21N3/c1-3-14-10-11-6-5-9-15-13(11)16(2)12-7-4-8-12/h5-6,9,12,14H,3-4,7-8,10H2,1-2H3. The van der Waals surface area contributed by atoms with Crippen molar-refractivity contribution in [3.63, 3.8) is 0 Å². The first kappa shape index (κ1) is 11.4. The Labute approximate surface area is 97.9 Å². The van der Waals surface area contributed by atoms with E-state index >= 15 is 0 Å². The van der Waals surface area contributed by atoms with E-state index in [9.17, 15) is 0 Å². The Bertz CT molecular complexity index is 334. The number of rotatable bonds is 5. The van der Waals surface area contributed by atoms with Gasteiger partial charge in [0.15, 0.2) is 0 Å². The van der Waals surface area contributed by atoms with Crippen LogP contribution in [0.15, 0.2) is 18.3 Å². The molecule has 1 aromatic heterocycles. The summed E-state index contributed by atoms with van der Waals surface area (Å²) in [5.74, 6) is 1.15. The van der Waals surface area contributed by atoms with Gasteiger partial charge in [0.2, 0.25) is 0 Å². The molecule has 1 aliphatic carbocycles. The van der Waals surface area contributed by atoms with E-state index in [1.54, 1.807) is 0 Å². The highest BCUT2D eigenvalue weighted by Gasteiger charge is 2.24. The predicted molar refractivity (Wildman–Crippen MR) is 67.7 cm³/mol. The van der Waals surface area contributed by atoms with E-state index in [1.807, 2.05) is 12.3 Å². The number of hydrogen-bond acceptors (Lipinski definition) is 3. The lowest BCUT2D eigenvalue weighted by Gasteiger charge is -2.36. The van der Waals surface area contributed by atoms with Gasteiger partial charge in [0.1, 0.15) is 5.82 Å². The summed E-state index contributed by atoms with van der Waals surface area (Å²) in [5, 5.41) is 3.37. The van der Waals surface area contributed by atoms with Crippen molar-refractivity contribution in [3.05, 3.63) is 23.9 Å². The van der Waals surface area contributed by atoms with E-state index in [2.05, 4.69) is 35.2 Å². The molecule has 0 spiro atoms. The molecule has 1 saturated carbocycles. The molecule has 1 fully saturated rings. The lowest BCUT2D eigenvalue weighted by molar-refractivity contribution is 0.398. The fraction of sp³-hybridized carbons (Fsp3) is 0.615. The second kappa shape index (κ2) is 5.30. The summed E-state index contributed by atoms with van der Waals surface area (Å²) >= 11 is 0. The van der Waals surface area contributed by atoms with Gasteiger partial charge in [0, 0.05) is 31.4 Å². The van der Waals surface area contributed by atoms with Crippen LogP contribution in [0.4, 0.5) is 5.82 Å². The molecule has 3 heteroatoms. The first-order chi connectivity index (χ1) is 7.83. The first-order valence-electron chi connectivity index (χ1n) is 6.20. The van der Waals surface area contributed by atoms with Gasteiger partial charge in [-0.1, -0.05) is 13.0 Å². The van der Waals surface area contributed by atoms with Gasteiger partial charge >= 0.3 is 0 Å². The molecule has 0 amide bonds. The molecule has 1 aliphatic rings. The fourth-order valence-corrected chi connectivity index (χ4v) is 2.09. The van der Waals surface area contributed by atoms with Crippen LogP contribution in [0.25, 0.3) is 0 Å². The molecule has 0 unspecified atom stereocenters. The molecule has 88 valence electrons. The number of hydrogen-bond donors (Lipinski definition) is 1. The molecular weight excluding hydrogens is 198 g/mol. The average Bonchev–Trinajstić information content (AvgIpc) is 2.24. The van der Waals surface area contributed by atoms with E-state index in [-0.39, 0.29) is 0 Å². The van der Waals surface area contributed by atoms with Crippen LogP contribution in [0.1, 0.15) is 31.7 Å². The van der Waals surface area contributed by atoms with Gasteiger partial charge in [-0.15, -0.1) is 0 Å². The maximum atomic E-state index is 4.52. The Balaban J connectivity index is 2.11. The van der Waals surface area contributed by atoms with Crippen molar-refractivity contribution in [1.82, 2.24) is 10.3 Å². The van der Waals surface area contributed by atoms with Crippen molar-refractivity contribution in [2.24, 2.45) is 0 Å². The Morgan fingerprint density at radius 2 is 2.31 bits per heavy atom. The van der Waals surface area contributed by atoms with Crippen molar-refractivity contribution in [3.8, 4) is 0 Å². The number of anilines is 1. The summed E-state index contributed by atoms with van der Waals surface area (Å²) in [6.07, 6.45) is 5.88. The van der Waals surface area contributed by atoms with Crippen LogP contribution in [0.5, 0.6) is 0 Å². The van der Waals surface area contributed by atoms with Gasteiger partial charge < -0.3 is 10.2 Å². The highest BCUT2D eigenvalue weighted by molar-refractivity contribution is 5.47. The van der Waals surface area contributed by atoms with Crippen LogP contribution < -0.4 is 10.2 Å². The van der Waals surface area contributed by atoms with Crippen LogP contribution in [0, 0.1) is 0 Å². The molecule has 0 bridgehead atoms. The third-order valence-electron chi connectivity index (χ3n) is 3.39. The maximum absolute atomic E-state index is 4.52. The molecule has 16 heavy (non-hydrogen) atoms. The quantitative estimate of drug-likeness (QED) is 0.822. The third-order valence-corrected chi connectivity index (χ3v) is 3.39. The zero-order chi connectivity index (χ0) is 11.4. The molecule has 1 N–H and O–H groups in total. The van der Waals surface area contributed by atoms with Crippen LogP contribution in [-0.2, 0) is 6.54 Å². The summed E-state index contributed by atoms with van der Waals surface area (Å²) in [4.78, 5) is 6.86. The first-order valence-corrected chi connectivity index (χ1v) is 6.20. The Morgan fingerprint density at radius 3 is 2.94 bits per heavy atom. The van der Waals surface area contributed by atoms with Gasteiger partial charge in [-0.05, 0) is 31.9 Å². The van der Waals surface area contributed by atoms with Gasteiger partial charge in [0.25, 0.3) is 0 Å². The second-order valence-corrected chi connectivity index (χ2v) is 4.46. The minimum absolute atomic E-state index is 0.704. The highest BCUT2D eigenvalue weighted by atomic mass is 15.2. The molecule has 3 nitrogen and oxygen atoms in total. The lowest BCUT2D eigenvalue weighted by atomic mass is 9.91. The predicted octanol–water partition coefficient (Wildman–Crippen LogP) is 2.18. The number of aromatic nitrogens is 1. The summed E-state index contributed by atoms with van der Waals surface area (Å²) in [6, 6.07) is 4.89. The molecule has 0 atom stereocenters. The molecular formula is C13H21N3. The summed E-state index contributed by atoms with van der Waals surface area (Å²) in [6.45, 7) is 4.05. The van der Waals surface area contributed by atoms with E-state index < -0.39 is 0 Å². The van der Waals surface area contributed by atoms with Crippen molar-refractivity contribution in [2.75, 3.05) is 18.5 Å². The zero-order valence-electron chi connectivity index (χ0n) is 10.2. The van der Waals surface area contributed by atoms with Crippen molar-refractivity contribution >= 4 is 5.82 Å². The molecule has 2 rings (SSSR count). The van der Waals surface area contributed by atoms with Crippen molar-refractivity contribution < 1.29 is 0 Å². The van der Waals surface area contributed by atoms with Crippen molar-refractivity contribution in [1.29, 1.82) is 0 Å². The zero-order valence-corrected chi connectivity index (χ0v) is 10.2. The fourth-order valence-electron chi connectivity index (χ4n) is 2.09. The SMILES string of the molecule is CCNCc1cccnc1N(C)C1CCC1. The summed E-state index contributed by atoms with van der Waals surface area (Å²) < 4.78 is 0. The Kier molecular flexibility index (Phi) is 3.78. The molecule has 0 radical (unpaired) electrons. The molecule has 0 aromatic carbocycles. The van der Waals surface area contributed by atoms with Gasteiger partial charge in [-0.2, -0.15) is 0 Å². The van der Waals surface area contributed by atoms with Crippen LogP contribution in [0.3, 0.4) is 0 Å². The van der Waals surface area contributed by atoms with Crippen LogP contribution >= 0.6 is 0 Å². The van der Waals surface area contributed by atoms with Gasteiger partial charge in [-0.25, -0.2) is 4.98 Å². The molecule has 1 aromatic rings.